The summed E-state index contributed by atoms with van der Waals surface area (Å²) in [6, 6.07) is 0. The molecule has 0 fully saturated rings. The number of ether oxygens (including phenoxy) is 1. The van der Waals surface area contributed by atoms with Crippen molar-refractivity contribution in [1.82, 2.24) is 10.2 Å². The van der Waals surface area contributed by atoms with Gasteiger partial charge in [0.2, 0.25) is 5.91 Å². The highest BCUT2D eigenvalue weighted by molar-refractivity contribution is 5.90. The molecule has 1 aromatic heterocycles. The Bertz CT molecular complexity index is 309. The molecule has 0 saturated carbocycles. The number of carbonyl (C=O) groups excluding carboxylic acids is 1. The lowest BCUT2D eigenvalue weighted by Gasteiger charge is -2.04. The minimum Gasteiger partial charge on any atom is -0.381 e. The SMILES string of the molecule is CCOCCC(=O)Nc1[nH]ncc1CC. The molecular formula is C10H17N3O2. The fourth-order valence-electron chi connectivity index (χ4n) is 1.20. The maximum atomic E-state index is 11.4. The average molecular weight is 211 g/mol. The van der Waals surface area contributed by atoms with E-state index in [1.165, 1.54) is 0 Å². The second-order valence-corrected chi connectivity index (χ2v) is 3.12. The number of amides is 1. The van der Waals surface area contributed by atoms with E-state index in [4.69, 9.17) is 4.74 Å². The van der Waals surface area contributed by atoms with Gasteiger partial charge >= 0.3 is 0 Å². The van der Waals surface area contributed by atoms with Crippen molar-refractivity contribution in [2.45, 2.75) is 26.7 Å². The number of nitrogens with zero attached hydrogens (tertiary/aromatic N) is 1. The molecule has 1 heterocycles. The molecule has 5 heteroatoms. The third-order valence-corrected chi connectivity index (χ3v) is 2.04. The summed E-state index contributed by atoms with van der Waals surface area (Å²) in [5.41, 5.74) is 1.01. The standard InChI is InChI=1S/C10H17N3O2/c1-3-8-7-11-13-10(8)12-9(14)5-6-15-4-2/h7H,3-6H2,1-2H3,(H2,11,12,13,14). The zero-order valence-corrected chi connectivity index (χ0v) is 9.17. The summed E-state index contributed by atoms with van der Waals surface area (Å²) in [7, 11) is 0. The molecule has 0 bridgehead atoms. The molecule has 2 N–H and O–H groups in total. The fourth-order valence-corrected chi connectivity index (χ4v) is 1.20. The first-order chi connectivity index (χ1) is 7.27. The summed E-state index contributed by atoms with van der Waals surface area (Å²) in [6.07, 6.45) is 2.94. The molecule has 0 aromatic carbocycles. The molecule has 1 amide bonds. The van der Waals surface area contributed by atoms with Crippen molar-refractivity contribution in [3.63, 3.8) is 0 Å². The van der Waals surface area contributed by atoms with Crippen LogP contribution in [0.15, 0.2) is 6.20 Å². The number of aromatic amines is 1. The number of H-pyrrole nitrogens is 1. The van der Waals surface area contributed by atoms with Crippen LogP contribution in [-0.2, 0) is 16.0 Å². The molecular weight excluding hydrogens is 194 g/mol. The number of aryl methyl sites for hydroxylation is 1. The highest BCUT2D eigenvalue weighted by Crippen LogP contribution is 2.11. The quantitative estimate of drug-likeness (QED) is 0.698. The Morgan fingerprint density at radius 3 is 3.07 bits per heavy atom. The van der Waals surface area contributed by atoms with E-state index in [2.05, 4.69) is 15.5 Å². The first kappa shape index (κ1) is 11.7. The van der Waals surface area contributed by atoms with E-state index in [0.717, 1.165) is 12.0 Å². The first-order valence-electron chi connectivity index (χ1n) is 5.17. The minimum absolute atomic E-state index is 0.0533. The van der Waals surface area contributed by atoms with Crippen LogP contribution in [0.1, 0.15) is 25.8 Å². The lowest BCUT2D eigenvalue weighted by Crippen LogP contribution is -2.15. The summed E-state index contributed by atoms with van der Waals surface area (Å²) >= 11 is 0. The van der Waals surface area contributed by atoms with Crippen LogP contribution in [-0.4, -0.2) is 29.3 Å². The molecule has 1 aromatic rings. The predicted molar refractivity (Wildman–Crippen MR) is 57.7 cm³/mol. The van der Waals surface area contributed by atoms with Gasteiger partial charge in [0.1, 0.15) is 5.82 Å². The molecule has 0 aliphatic rings. The Labute approximate surface area is 89.2 Å². The van der Waals surface area contributed by atoms with Gasteiger partial charge < -0.3 is 10.1 Å². The molecule has 1 rings (SSSR count). The van der Waals surface area contributed by atoms with Crippen LogP contribution in [0.2, 0.25) is 0 Å². The second-order valence-electron chi connectivity index (χ2n) is 3.12. The van der Waals surface area contributed by atoms with Crippen LogP contribution in [0, 0.1) is 0 Å². The number of aromatic nitrogens is 2. The van der Waals surface area contributed by atoms with Crippen molar-refractivity contribution in [3.8, 4) is 0 Å². The van der Waals surface area contributed by atoms with Crippen molar-refractivity contribution >= 4 is 11.7 Å². The highest BCUT2D eigenvalue weighted by Gasteiger charge is 2.07. The van der Waals surface area contributed by atoms with Crippen LogP contribution in [0.4, 0.5) is 5.82 Å². The van der Waals surface area contributed by atoms with Crippen LogP contribution in [0.3, 0.4) is 0 Å². The Balaban J connectivity index is 2.37. The molecule has 0 spiro atoms. The summed E-state index contributed by atoms with van der Waals surface area (Å²) in [4.78, 5) is 11.4. The van der Waals surface area contributed by atoms with Gasteiger partial charge in [-0.2, -0.15) is 5.10 Å². The second kappa shape index (κ2) is 6.19. The zero-order chi connectivity index (χ0) is 11.1. The Morgan fingerprint density at radius 2 is 2.40 bits per heavy atom. The monoisotopic (exact) mass is 211 g/mol. The summed E-state index contributed by atoms with van der Waals surface area (Å²) < 4.78 is 5.09. The van der Waals surface area contributed by atoms with Crippen LogP contribution in [0.5, 0.6) is 0 Å². The molecule has 84 valence electrons. The maximum absolute atomic E-state index is 11.4. The Kier molecular flexibility index (Phi) is 4.83. The Hall–Kier alpha value is -1.36. The number of anilines is 1. The van der Waals surface area contributed by atoms with E-state index in [1.807, 2.05) is 13.8 Å². The third kappa shape index (κ3) is 3.71. The molecule has 15 heavy (non-hydrogen) atoms. The fraction of sp³-hybridized carbons (Fsp3) is 0.600. The van der Waals surface area contributed by atoms with Crippen molar-refractivity contribution in [2.75, 3.05) is 18.5 Å². The van der Waals surface area contributed by atoms with Gasteiger partial charge in [-0.3, -0.25) is 9.89 Å². The van der Waals surface area contributed by atoms with Crippen molar-refractivity contribution in [3.05, 3.63) is 11.8 Å². The van der Waals surface area contributed by atoms with E-state index in [-0.39, 0.29) is 5.91 Å². The number of carbonyl (C=O) groups is 1. The number of nitrogens with one attached hydrogen (secondary N) is 2. The van der Waals surface area contributed by atoms with Crippen molar-refractivity contribution in [2.24, 2.45) is 0 Å². The van der Waals surface area contributed by atoms with Gasteiger partial charge in [0, 0.05) is 12.2 Å². The van der Waals surface area contributed by atoms with E-state index in [9.17, 15) is 4.79 Å². The highest BCUT2D eigenvalue weighted by atomic mass is 16.5. The van der Waals surface area contributed by atoms with Gasteiger partial charge in [0.05, 0.1) is 19.2 Å². The van der Waals surface area contributed by atoms with Gasteiger partial charge in [-0.05, 0) is 13.3 Å². The largest absolute Gasteiger partial charge is 0.381 e. The maximum Gasteiger partial charge on any atom is 0.227 e. The van der Waals surface area contributed by atoms with Gasteiger partial charge in [0.25, 0.3) is 0 Å². The molecule has 5 nitrogen and oxygen atoms in total. The van der Waals surface area contributed by atoms with Crippen LogP contribution in [0.25, 0.3) is 0 Å². The number of hydrogen-bond acceptors (Lipinski definition) is 3. The molecule has 0 saturated heterocycles. The van der Waals surface area contributed by atoms with E-state index < -0.39 is 0 Å². The lowest BCUT2D eigenvalue weighted by atomic mass is 10.2. The topological polar surface area (TPSA) is 67.0 Å². The third-order valence-electron chi connectivity index (χ3n) is 2.04. The molecule has 0 unspecified atom stereocenters. The first-order valence-corrected chi connectivity index (χ1v) is 5.17. The Morgan fingerprint density at radius 1 is 1.60 bits per heavy atom. The lowest BCUT2D eigenvalue weighted by molar-refractivity contribution is -0.117. The van der Waals surface area contributed by atoms with Gasteiger partial charge in [-0.15, -0.1) is 0 Å². The molecule has 0 aliphatic carbocycles. The zero-order valence-electron chi connectivity index (χ0n) is 9.17. The van der Waals surface area contributed by atoms with Gasteiger partial charge in [-0.25, -0.2) is 0 Å². The van der Waals surface area contributed by atoms with Gasteiger partial charge in [0.15, 0.2) is 0 Å². The van der Waals surface area contributed by atoms with Crippen molar-refractivity contribution < 1.29 is 9.53 Å². The number of rotatable bonds is 6. The van der Waals surface area contributed by atoms with E-state index >= 15 is 0 Å². The summed E-state index contributed by atoms with van der Waals surface area (Å²) in [6.45, 7) is 5.01. The van der Waals surface area contributed by atoms with E-state index in [0.29, 0.717) is 25.5 Å². The molecule has 0 atom stereocenters. The molecule has 0 aliphatic heterocycles. The summed E-state index contributed by atoms with van der Waals surface area (Å²) in [5.74, 6) is 0.640. The van der Waals surface area contributed by atoms with Crippen LogP contribution >= 0.6 is 0 Å². The smallest absolute Gasteiger partial charge is 0.227 e. The van der Waals surface area contributed by atoms with E-state index in [1.54, 1.807) is 6.20 Å². The molecule has 0 radical (unpaired) electrons. The number of hydrogen-bond donors (Lipinski definition) is 2. The summed E-state index contributed by atoms with van der Waals surface area (Å²) in [5, 5.41) is 9.39. The minimum atomic E-state index is -0.0533. The normalized spacial score (nSPS) is 10.3. The van der Waals surface area contributed by atoms with Gasteiger partial charge in [-0.1, -0.05) is 6.92 Å². The predicted octanol–water partition coefficient (Wildman–Crippen LogP) is 1.34. The van der Waals surface area contributed by atoms with Crippen LogP contribution < -0.4 is 5.32 Å². The van der Waals surface area contributed by atoms with Crippen molar-refractivity contribution in [1.29, 1.82) is 0 Å². The average Bonchev–Trinajstić information content (AvgIpc) is 2.65.